The number of piperazine rings is 1. The Kier molecular flexibility index (Phi) is 10.4. The van der Waals surface area contributed by atoms with Crippen molar-refractivity contribution in [1.29, 1.82) is 0 Å². The van der Waals surface area contributed by atoms with E-state index in [1.807, 2.05) is 7.05 Å². The van der Waals surface area contributed by atoms with Crippen LogP contribution in [0.15, 0.2) is 29.3 Å². The van der Waals surface area contributed by atoms with Gasteiger partial charge in [0.1, 0.15) is 0 Å². The number of halogens is 1. The quantitative estimate of drug-likeness (QED) is 0.260. The first-order valence-corrected chi connectivity index (χ1v) is 10.8. The summed E-state index contributed by atoms with van der Waals surface area (Å²) in [6.45, 7) is 9.01. The van der Waals surface area contributed by atoms with E-state index in [-0.39, 0.29) is 24.0 Å². The lowest BCUT2D eigenvalue weighted by Crippen LogP contribution is -2.46. The SMILES string of the molecule is CN=C(NCCCCN1CCN(c2cccc(C)c2)CC1)NC1CCCC1.I. The summed E-state index contributed by atoms with van der Waals surface area (Å²) in [6.07, 6.45) is 7.73. The molecule has 1 aliphatic heterocycles. The van der Waals surface area contributed by atoms with Crippen LogP contribution in [0.4, 0.5) is 5.69 Å². The zero-order valence-corrected chi connectivity index (χ0v) is 20.0. The molecule has 0 radical (unpaired) electrons. The molecule has 2 fully saturated rings. The average molecular weight is 499 g/mol. The lowest BCUT2D eigenvalue weighted by atomic mass is 10.2. The van der Waals surface area contributed by atoms with E-state index in [1.165, 1.54) is 69.4 Å². The van der Waals surface area contributed by atoms with Gasteiger partial charge in [0.05, 0.1) is 0 Å². The van der Waals surface area contributed by atoms with Gasteiger partial charge in [-0.2, -0.15) is 0 Å². The highest BCUT2D eigenvalue weighted by Gasteiger charge is 2.17. The van der Waals surface area contributed by atoms with Crippen molar-refractivity contribution in [3.63, 3.8) is 0 Å². The minimum atomic E-state index is 0. The zero-order chi connectivity index (χ0) is 18.9. The molecule has 2 N–H and O–H groups in total. The lowest BCUT2D eigenvalue weighted by Gasteiger charge is -2.36. The molecule has 0 atom stereocenters. The molecule has 1 heterocycles. The maximum atomic E-state index is 4.36. The molecule has 28 heavy (non-hydrogen) atoms. The number of unbranched alkanes of at least 4 members (excludes halogenated alkanes) is 1. The number of benzene rings is 1. The van der Waals surface area contributed by atoms with Crippen molar-refractivity contribution in [3.05, 3.63) is 29.8 Å². The van der Waals surface area contributed by atoms with Crippen LogP contribution >= 0.6 is 24.0 Å². The summed E-state index contributed by atoms with van der Waals surface area (Å²) in [5.74, 6) is 0.980. The third-order valence-electron chi connectivity index (χ3n) is 5.85. The summed E-state index contributed by atoms with van der Waals surface area (Å²) < 4.78 is 0. The Morgan fingerprint density at radius 2 is 1.86 bits per heavy atom. The average Bonchev–Trinajstić information content (AvgIpc) is 3.20. The largest absolute Gasteiger partial charge is 0.369 e. The van der Waals surface area contributed by atoms with Gasteiger partial charge in [-0.25, -0.2) is 0 Å². The van der Waals surface area contributed by atoms with Gasteiger partial charge in [-0.3, -0.25) is 9.89 Å². The Labute approximate surface area is 188 Å². The van der Waals surface area contributed by atoms with E-state index in [1.54, 1.807) is 0 Å². The van der Waals surface area contributed by atoms with E-state index < -0.39 is 0 Å². The minimum Gasteiger partial charge on any atom is -0.369 e. The second kappa shape index (κ2) is 12.5. The first-order valence-electron chi connectivity index (χ1n) is 10.8. The number of aryl methyl sites for hydroxylation is 1. The third kappa shape index (κ3) is 7.43. The van der Waals surface area contributed by atoms with E-state index in [9.17, 15) is 0 Å². The van der Waals surface area contributed by atoms with Gasteiger partial charge in [-0.15, -0.1) is 24.0 Å². The molecule has 1 saturated carbocycles. The number of hydrogen-bond donors (Lipinski definition) is 2. The molecule has 3 rings (SSSR count). The van der Waals surface area contributed by atoms with Crippen molar-refractivity contribution in [2.75, 3.05) is 51.2 Å². The van der Waals surface area contributed by atoms with Crippen LogP contribution in [0.3, 0.4) is 0 Å². The van der Waals surface area contributed by atoms with Gasteiger partial charge >= 0.3 is 0 Å². The van der Waals surface area contributed by atoms with Crippen molar-refractivity contribution in [1.82, 2.24) is 15.5 Å². The topological polar surface area (TPSA) is 42.9 Å². The molecule has 0 unspecified atom stereocenters. The molecule has 0 spiro atoms. The van der Waals surface area contributed by atoms with Gasteiger partial charge in [-0.05, 0) is 56.8 Å². The molecule has 2 aliphatic rings. The maximum absolute atomic E-state index is 4.36. The van der Waals surface area contributed by atoms with Crippen LogP contribution < -0.4 is 15.5 Å². The molecule has 0 amide bonds. The number of aliphatic imine (C=N–C) groups is 1. The summed E-state index contributed by atoms with van der Waals surface area (Å²) in [5, 5.41) is 7.03. The molecule has 5 nitrogen and oxygen atoms in total. The van der Waals surface area contributed by atoms with Gasteiger partial charge in [-0.1, -0.05) is 25.0 Å². The van der Waals surface area contributed by atoms with Crippen molar-refractivity contribution in [3.8, 4) is 0 Å². The van der Waals surface area contributed by atoms with E-state index in [2.05, 4.69) is 56.6 Å². The first kappa shape index (κ1) is 23.3. The molecular formula is C22H38IN5. The Morgan fingerprint density at radius 3 is 2.54 bits per heavy atom. The van der Waals surface area contributed by atoms with Crippen molar-refractivity contribution in [2.45, 2.75) is 51.5 Å². The molecule has 1 aromatic rings. The third-order valence-corrected chi connectivity index (χ3v) is 5.85. The minimum absolute atomic E-state index is 0. The molecule has 0 bridgehead atoms. The highest BCUT2D eigenvalue weighted by Crippen LogP contribution is 2.18. The number of anilines is 1. The Balaban J connectivity index is 0.00000280. The monoisotopic (exact) mass is 499 g/mol. The van der Waals surface area contributed by atoms with Crippen LogP contribution in [0.1, 0.15) is 44.1 Å². The number of nitrogens with one attached hydrogen (secondary N) is 2. The molecule has 158 valence electrons. The number of hydrogen-bond acceptors (Lipinski definition) is 3. The van der Waals surface area contributed by atoms with Crippen LogP contribution in [-0.4, -0.2) is 63.2 Å². The standard InChI is InChI=1S/C22H37N5.HI/c1-19-8-7-11-21(18-19)27-16-14-26(15-17-27)13-6-5-12-24-22(23-2)25-20-9-3-4-10-20;/h7-8,11,18,20H,3-6,9-10,12-17H2,1-2H3,(H2,23,24,25);1H. The van der Waals surface area contributed by atoms with Crippen molar-refractivity contribution in [2.24, 2.45) is 4.99 Å². The fraction of sp³-hybridized carbons (Fsp3) is 0.682. The molecular weight excluding hydrogens is 461 g/mol. The molecule has 0 aromatic heterocycles. The van der Waals surface area contributed by atoms with Crippen LogP contribution in [0, 0.1) is 6.92 Å². The van der Waals surface area contributed by atoms with Gasteiger partial charge in [0, 0.05) is 51.5 Å². The maximum Gasteiger partial charge on any atom is 0.191 e. The van der Waals surface area contributed by atoms with Crippen LogP contribution in [0.5, 0.6) is 0 Å². The Morgan fingerprint density at radius 1 is 1.11 bits per heavy atom. The Bertz CT molecular complexity index is 592. The summed E-state index contributed by atoms with van der Waals surface area (Å²) in [6, 6.07) is 9.50. The fourth-order valence-corrected chi connectivity index (χ4v) is 4.18. The van der Waals surface area contributed by atoms with E-state index >= 15 is 0 Å². The van der Waals surface area contributed by atoms with Gasteiger partial charge in [0.25, 0.3) is 0 Å². The van der Waals surface area contributed by atoms with Gasteiger partial charge in [0.15, 0.2) is 5.96 Å². The molecule has 1 aromatic carbocycles. The summed E-state index contributed by atoms with van der Waals surface area (Å²) in [7, 11) is 1.87. The summed E-state index contributed by atoms with van der Waals surface area (Å²) >= 11 is 0. The molecule has 1 saturated heterocycles. The number of rotatable bonds is 7. The zero-order valence-electron chi connectivity index (χ0n) is 17.6. The Hall–Kier alpha value is -1.02. The van der Waals surface area contributed by atoms with Crippen LogP contribution in [0.25, 0.3) is 0 Å². The van der Waals surface area contributed by atoms with Crippen molar-refractivity contribution < 1.29 is 0 Å². The normalized spacial score (nSPS) is 18.8. The van der Waals surface area contributed by atoms with Crippen LogP contribution in [0.2, 0.25) is 0 Å². The summed E-state index contributed by atoms with van der Waals surface area (Å²) in [4.78, 5) is 9.49. The van der Waals surface area contributed by atoms with E-state index in [0.717, 1.165) is 25.6 Å². The fourth-order valence-electron chi connectivity index (χ4n) is 4.18. The molecule has 1 aliphatic carbocycles. The second-order valence-electron chi connectivity index (χ2n) is 8.00. The molecule has 6 heteroatoms. The summed E-state index contributed by atoms with van der Waals surface area (Å²) in [5.41, 5.74) is 2.72. The number of nitrogens with zero attached hydrogens (tertiary/aromatic N) is 3. The van der Waals surface area contributed by atoms with Gasteiger partial charge in [0.2, 0.25) is 0 Å². The van der Waals surface area contributed by atoms with Crippen LogP contribution in [-0.2, 0) is 0 Å². The highest BCUT2D eigenvalue weighted by molar-refractivity contribution is 14.0. The first-order chi connectivity index (χ1) is 13.2. The smallest absolute Gasteiger partial charge is 0.191 e. The van der Waals surface area contributed by atoms with E-state index in [0.29, 0.717) is 6.04 Å². The van der Waals surface area contributed by atoms with E-state index in [4.69, 9.17) is 0 Å². The highest BCUT2D eigenvalue weighted by atomic mass is 127. The number of guanidine groups is 1. The van der Waals surface area contributed by atoms with Gasteiger partial charge < -0.3 is 15.5 Å². The van der Waals surface area contributed by atoms with Crippen molar-refractivity contribution >= 4 is 35.6 Å². The second-order valence-corrected chi connectivity index (χ2v) is 8.00. The predicted octanol–water partition coefficient (Wildman–Crippen LogP) is 3.62. The lowest BCUT2D eigenvalue weighted by molar-refractivity contribution is 0.253. The predicted molar refractivity (Wildman–Crippen MR) is 131 cm³/mol.